The number of pyridine rings is 3. The number of nitrogens with zero attached hydrogens (tertiary/aromatic N) is 4. The summed E-state index contributed by atoms with van der Waals surface area (Å²) in [4.78, 5) is 28.8. The third kappa shape index (κ3) is 7.87. The lowest BCUT2D eigenvalue weighted by atomic mass is 9.97. The van der Waals surface area contributed by atoms with Gasteiger partial charge in [-0.15, -0.1) is 0 Å². The number of anilines is 2. The van der Waals surface area contributed by atoms with Crippen LogP contribution in [0, 0.1) is 12.8 Å². The SMILES string of the molecule is CCOCCOCCOc1ncc(-c2ccc(C(=O)CS(=O)(=O)c3cccnc3N)c(N3C[C@@H](C)CC3(C)C)n2)cc1C. The number of aryl methyl sites for hydroxylation is 1. The van der Waals surface area contributed by atoms with Gasteiger partial charge in [0, 0.05) is 42.2 Å². The Labute approximate surface area is 253 Å². The van der Waals surface area contributed by atoms with Crippen molar-refractivity contribution in [3.05, 3.63) is 53.9 Å². The van der Waals surface area contributed by atoms with E-state index in [0.29, 0.717) is 62.9 Å². The lowest BCUT2D eigenvalue weighted by molar-refractivity contribution is 0.0398. The largest absolute Gasteiger partial charge is 0.475 e. The van der Waals surface area contributed by atoms with Crippen LogP contribution in [0.1, 0.15) is 50.0 Å². The topological polar surface area (TPSA) is 147 Å². The van der Waals surface area contributed by atoms with Crippen LogP contribution in [0.15, 0.2) is 47.6 Å². The normalized spacial score (nSPS) is 16.4. The molecule has 3 aromatic rings. The van der Waals surface area contributed by atoms with Gasteiger partial charge in [-0.2, -0.15) is 0 Å². The van der Waals surface area contributed by atoms with Crippen molar-refractivity contribution in [3.8, 4) is 17.1 Å². The van der Waals surface area contributed by atoms with Crippen molar-refractivity contribution in [2.24, 2.45) is 5.92 Å². The molecule has 0 bridgehead atoms. The molecule has 1 atom stereocenters. The van der Waals surface area contributed by atoms with Gasteiger partial charge < -0.3 is 24.8 Å². The number of sulfone groups is 1. The molecule has 1 aliphatic rings. The summed E-state index contributed by atoms with van der Waals surface area (Å²) in [5.41, 5.74) is 7.96. The molecule has 0 aliphatic carbocycles. The molecule has 232 valence electrons. The van der Waals surface area contributed by atoms with E-state index in [9.17, 15) is 13.2 Å². The fourth-order valence-corrected chi connectivity index (χ4v) is 6.71. The minimum atomic E-state index is -4.03. The van der Waals surface area contributed by atoms with Crippen molar-refractivity contribution in [2.75, 3.05) is 56.0 Å². The molecule has 0 radical (unpaired) electrons. The van der Waals surface area contributed by atoms with Crippen LogP contribution >= 0.6 is 0 Å². The molecule has 0 unspecified atom stereocenters. The van der Waals surface area contributed by atoms with E-state index in [-0.39, 0.29) is 21.8 Å². The number of rotatable bonds is 14. The van der Waals surface area contributed by atoms with E-state index < -0.39 is 21.4 Å². The summed E-state index contributed by atoms with van der Waals surface area (Å²) in [6, 6.07) is 8.14. The van der Waals surface area contributed by atoms with Gasteiger partial charge in [-0.3, -0.25) is 4.79 Å². The smallest absolute Gasteiger partial charge is 0.216 e. The van der Waals surface area contributed by atoms with E-state index in [1.54, 1.807) is 18.3 Å². The second-order valence-electron chi connectivity index (χ2n) is 11.4. The molecule has 0 spiro atoms. The molecule has 0 saturated carbocycles. The van der Waals surface area contributed by atoms with Crippen LogP contribution in [0.25, 0.3) is 11.3 Å². The first kappa shape index (κ1) is 32.3. The van der Waals surface area contributed by atoms with Crippen molar-refractivity contribution < 1.29 is 27.4 Å². The van der Waals surface area contributed by atoms with E-state index in [2.05, 4.69) is 35.6 Å². The van der Waals surface area contributed by atoms with Crippen LogP contribution in [0.4, 0.5) is 11.6 Å². The van der Waals surface area contributed by atoms with Crippen LogP contribution in [0.3, 0.4) is 0 Å². The van der Waals surface area contributed by atoms with Crippen molar-refractivity contribution in [1.29, 1.82) is 0 Å². The van der Waals surface area contributed by atoms with Crippen molar-refractivity contribution in [1.82, 2.24) is 15.0 Å². The summed E-state index contributed by atoms with van der Waals surface area (Å²) in [6.07, 6.45) is 3.99. The predicted octanol–water partition coefficient (Wildman–Crippen LogP) is 4.14. The quantitative estimate of drug-likeness (QED) is 0.207. The molecule has 1 saturated heterocycles. The fraction of sp³-hybridized carbons (Fsp3) is 0.484. The molecular weight excluding hydrogens is 570 g/mol. The lowest BCUT2D eigenvalue weighted by Gasteiger charge is -2.34. The maximum absolute atomic E-state index is 13.6. The molecule has 2 N–H and O–H groups in total. The summed E-state index contributed by atoms with van der Waals surface area (Å²) < 4.78 is 42.9. The summed E-state index contributed by atoms with van der Waals surface area (Å²) in [5.74, 6) is -0.127. The highest BCUT2D eigenvalue weighted by atomic mass is 32.2. The van der Waals surface area contributed by atoms with Gasteiger partial charge in [-0.25, -0.2) is 23.4 Å². The average Bonchev–Trinajstić information content (AvgIpc) is 3.24. The van der Waals surface area contributed by atoms with Gasteiger partial charge in [0.2, 0.25) is 5.88 Å². The zero-order chi connectivity index (χ0) is 31.2. The molecule has 12 heteroatoms. The van der Waals surface area contributed by atoms with Gasteiger partial charge >= 0.3 is 0 Å². The Morgan fingerprint density at radius 3 is 2.53 bits per heavy atom. The van der Waals surface area contributed by atoms with Gasteiger partial charge in [0.1, 0.15) is 28.9 Å². The minimum Gasteiger partial charge on any atom is -0.475 e. The molecule has 0 aromatic carbocycles. The van der Waals surface area contributed by atoms with Crippen LogP contribution in [-0.4, -0.2) is 80.0 Å². The van der Waals surface area contributed by atoms with Gasteiger partial charge in [0.15, 0.2) is 15.6 Å². The van der Waals surface area contributed by atoms with Gasteiger partial charge in [-0.1, -0.05) is 6.92 Å². The number of hydrogen-bond acceptors (Lipinski definition) is 11. The van der Waals surface area contributed by atoms with Crippen molar-refractivity contribution >= 4 is 27.3 Å². The number of hydrogen-bond donors (Lipinski definition) is 1. The van der Waals surface area contributed by atoms with E-state index >= 15 is 0 Å². The second-order valence-corrected chi connectivity index (χ2v) is 13.3. The number of carbonyl (C=O) groups is 1. The maximum Gasteiger partial charge on any atom is 0.216 e. The molecule has 11 nitrogen and oxygen atoms in total. The number of ether oxygens (including phenoxy) is 3. The highest BCUT2D eigenvalue weighted by Crippen LogP contribution is 2.39. The average molecular weight is 612 g/mol. The number of carbonyl (C=O) groups excluding carboxylic acids is 1. The monoisotopic (exact) mass is 611 g/mol. The molecule has 3 aromatic heterocycles. The number of nitrogen functional groups attached to an aromatic ring is 1. The van der Waals surface area contributed by atoms with Crippen molar-refractivity contribution in [2.45, 2.75) is 51.5 Å². The number of aromatic nitrogens is 3. The molecule has 1 aliphatic heterocycles. The highest BCUT2D eigenvalue weighted by molar-refractivity contribution is 7.92. The number of Topliss-reactive ketones (excluding diaryl/α,β-unsaturated/α-hetero) is 1. The lowest BCUT2D eigenvalue weighted by Crippen LogP contribution is -2.40. The summed E-state index contributed by atoms with van der Waals surface area (Å²) in [6.45, 7) is 13.4. The third-order valence-electron chi connectivity index (χ3n) is 7.33. The van der Waals surface area contributed by atoms with Gasteiger partial charge in [0.25, 0.3) is 0 Å². The molecular formula is C31H41N5O6S. The highest BCUT2D eigenvalue weighted by Gasteiger charge is 2.39. The zero-order valence-corrected chi connectivity index (χ0v) is 26.3. The number of ketones is 1. The Morgan fingerprint density at radius 1 is 1.12 bits per heavy atom. The summed E-state index contributed by atoms with van der Waals surface area (Å²) in [5, 5.41) is 0. The van der Waals surface area contributed by atoms with E-state index in [1.165, 1.54) is 18.3 Å². The Bertz CT molecular complexity index is 1550. The maximum atomic E-state index is 13.6. The van der Waals surface area contributed by atoms with Gasteiger partial charge in [-0.05, 0) is 70.4 Å². The van der Waals surface area contributed by atoms with Crippen LogP contribution < -0.4 is 15.4 Å². The summed E-state index contributed by atoms with van der Waals surface area (Å²) >= 11 is 0. The Balaban J connectivity index is 1.60. The van der Waals surface area contributed by atoms with Crippen molar-refractivity contribution in [3.63, 3.8) is 0 Å². The van der Waals surface area contributed by atoms with E-state index in [1.807, 2.05) is 19.9 Å². The van der Waals surface area contributed by atoms with Crippen LogP contribution in [0.2, 0.25) is 0 Å². The van der Waals surface area contributed by atoms with Crippen LogP contribution in [-0.2, 0) is 19.3 Å². The standard InChI is InChI=1S/C31H41N5O6S/c1-6-40-12-13-41-14-15-42-30-22(3)16-23(18-34-30)25-10-9-24(29(35-25)36-19-21(2)17-31(36,4)5)26(37)20-43(38,39)27-8-7-11-33-28(27)32/h7-11,16,18,21H,6,12-15,17,19-20H2,1-5H3,(H2,32,33)/t21-/m0/s1. The first-order valence-electron chi connectivity index (χ1n) is 14.4. The minimum absolute atomic E-state index is 0.136. The molecule has 43 heavy (non-hydrogen) atoms. The zero-order valence-electron chi connectivity index (χ0n) is 25.5. The molecule has 4 rings (SSSR count). The molecule has 0 amide bonds. The Kier molecular flexibility index (Phi) is 10.4. The third-order valence-corrected chi connectivity index (χ3v) is 8.99. The second kappa shape index (κ2) is 13.8. The number of nitrogens with two attached hydrogens (primary N) is 1. The van der Waals surface area contributed by atoms with E-state index in [4.69, 9.17) is 24.9 Å². The first-order chi connectivity index (χ1) is 20.4. The van der Waals surface area contributed by atoms with Gasteiger partial charge in [0.05, 0.1) is 31.1 Å². The Morgan fingerprint density at radius 2 is 1.86 bits per heavy atom. The fourth-order valence-electron chi connectivity index (χ4n) is 5.40. The van der Waals surface area contributed by atoms with Crippen LogP contribution in [0.5, 0.6) is 5.88 Å². The predicted molar refractivity (Wildman–Crippen MR) is 165 cm³/mol. The summed E-state index contributed by atoms with van der Waals surface area (Å²) in [7, 11) is -4.03. The Hall–Kier alpha value is -3.61. The first-order valence-corrected chi connectivity index (χ1v) is 16.1. The molecule has 4 heterocycles. The van der Waals surface area contributed by atoms with E-state index in [0.717, 1.165) is 17.5 Å². The molecule has 1 fully saturated rings.